The monoisotopic (exact) mass is 379 g/mol. The Morgan fingerprint density at radius 1 is 1.25 bits per heavy atom. The van der Waals surface area contributed by atoms with Crippen molar-refractivity contribution in [3.05, 3.63) is 77.4 Å². The van der Waals surface area contributed by atoms with Crippen molar-refractivity contribution in [1.82, 2.24) is 20.3 Å². The number of anilines is 1. The number of aromatic nitrogens is 3. The van der Waals surface area contributed by atoms with Crippen molar-refractivity contribution in [3.63, 3.8) is 0 Å². The fraction of sp³-hybridized carbons (Fsp3) is 0.200. The zero-order chi connectivity index (χ0) is 19.5. The SMILES string of the molecule is O=C(NC1CCc2ccc(F)cc2NC1=O)c1cn(Cc2ccccc2)nn1. The van der Waals surface area contributed by atoms with Crippen LogP contribution in [0.15, 0.2) is 54.7 Å². The van der Waals surface area contributed by atoms with Crippen LogP contribution < -0.4 is 10.6 Å². The highest BCUT2D eigenvalue weighted by Gasteiger charge is 2.26. The molecule has 0 saturated carbocycles. The van der Waals surface area contributed by atoms with Crippen LogP contribution in [-0.2, 0) is 17.8 Å². The van der Waals surface area contributed by atoms with Gasteiger partial charge in [0.15, 0.2) is 5.69 Å². The number of halogens is 1. The smallest absolute Gasteiger partial charge is 0.274 e. The summed E-state index contributed by atoms with van der Waals surface area (Å²) < 4.78 is 15.0. The van der Waals surface area contributed by atoms with Crippen molar-refractivity contribution >= 4 is 17.5 Å². The summed E-state index contributed by atoms with van der Waals surface area (Å²) in [6.45, 7) is 0.492. The highest BCUT2D eigenvalue weighted by molar-refractivity contribution is 6.01. The molecule has 0 bridgehead atoms. The second kappa shape index (κ2) is 7.59. The predicted molar refractivity (Wildman–Crippen MR) is 100 cm³/mol. The van der Waals surface area contributed by atoms with Crippen LogP contribution in [0, 0.1) is 5.82 Å². The van der Waals surface area contributed by atoms with Gasteiger partial charge in [0.1, 0.15) is 11.9 Å². The van der Waals surface area contributed by atoms with Gasteiger partial charge in [0.05, 0.1) is 12.7 Å². The number of nitrogens with one attached hydrogen (secondary N) is 2. The van der Waals surface area contributed by atoms with E-state index in [1.165, 1.54) is 12.1 Å². The Morgan fingerprint density at radius 3 is 2.89 bits per heavy atom. The topological polar surface area (TPSA) is 88.9 Å². The van der Waals surface area contributed by atoms with Crippen LogP contribution in [0.2, 0.25) is 0 Å². The lowest BCUT2D eigenvalue weighted by Gasteiger charge is -2.14. The van der Waals surface area contributed by atoms with Gasteiger partial charge in [-0.3, -0.25) is 9.59 Å². The van der Waals surface area contributed by atoms with Gasteiger partial charge in [0, 0.05) is 5.69 Å². The highest BCUT2D eigenvalue weighted by atomic mass is 19.1. The lowest BCUT2D eigenvalue weighted by atomic mass is 10.1. The maximum Gasteiger partial charge on any atom is 0.274 e. The number of benzene rings is 2. The molecule has 1 aliphatic rings. The van der Waals surface area contributed by atoms with Crippen LogP contribution in [0.1, 0.15) is 28.0 Å². The van der Waals surface area contributed by atoms with Crippen molar-refractivity contribution in [2.45, 2.75) is 25.4 Å². The maximum absolute atomic E-state index is 13.4. The summed E-state index contributed by atoms with van der Waals surface area (Å²) in [5, 5.41) is 13.2. The van der Waals surface area contributed by atoms with Crippen LogP contribution in [-0.4, -0.2) is 32.9 Å². The predicted octanol–water partition coefficient (Wildman–Crippen LogP) is 2.15. The third-order valence-corrected chi connectivity index (χ3v) is 4.61. The van der Waals surface area contributed by atoms with E-state index in [4.69, 9.17) is 0 Å². The van der Waals surface area contributed by atoms with Gasteiger partial charge in [0.25, 0.3) is 5.91 Å². The Labute approximate surface area is 160 Å². The second-order valence-corrected chi connectivity index (χ2v) is 6.64. The zero-order valence-electron chi connectivity index (χ0n) is 14.9. The molecular formula is C20H18FN5O2. The number of carbonyl (C=O) groups excluding carboxylic acids is 2. The quantitative estimate of drug-likeness (QED) is 0.727. The van der Waals surface area contributed by atoms with Crippen molar-refractivity contribution in [3.8, 4) is 0 Å². The van der Waals surface area contributed by atoms with Crippen LogP contribution in [0.5, 0.6) is 0 Å². The molecule has 1 atom stereocenters. The zero-order valence-corrected chi connectivity index (χ0v) is 14.9. The number of hydrogen-bond acceptors (Lipinski definition) is 4. The first-order valence-electron chi connectivity index (χ1n) is 8.93. The Bertz CT molecular complexity index is 1020. The molecule has 0 radical (unpaired) electrons. The minimum Gasteiger partial charge on any atom is -0.339 e. The summed E-state index contributed by atoms with van der Waals surface area (Å²) in [5.74, 6) is -1.28. The molecule has 0 saturated heterocycles. The minimum atomic E-state index is -0.734. The van der Waals surface area contributed by atoms with Gasteiger partial charge < -0.3 is 10.6 Å². The van der Waals surface area contributed by atoms with Gasteiger partial charge in [0.2, 0.25) is 5.91 Å². The molecule has 2 amide bonds. The number of hydrogen-bond donors (Lipinski definition) is 2. The molecule has 0 aliphatic carbocycles. The average Bonchev–Trinajstić information content (AvgIpc) is 3.09. The Kier molecular flexibility index (Phi) is 4.84. The molecule has 8 heteroatoms. The standard InChI is InChI=1S/C20H18FN5O2/c21-15-8-6-14-7-9-16(19(27)23-17(14)10-15)22-20(28)18-12-26(25-24-18)11-13-4-2-1-3-5-13/h1-6,8,10,12,16H,7,9,11H2,(H,22,28)(H,23,27). The molecule has 4 rings (SSSR count). The lowest BCUT2D eigenvalue weighted by molar-refractivity contribution is -0.118. The van der Waals surface area contributed by atoms with E-state index in [9.17, 15) is 14.0 Å². The van der Waals surface area contributed by atoms with E-state index in [0.717, 1.165) is 11.1 Å². The van der Waals surface area contributed by atoms with Crippen LogP contribution in [0.3, 0.4) is 0 Å². The molecule has 1 aromatic heterocycles. The number of rotatable bonds is 4. The Hall–Kier alpha value is -3.55. The van der Waals surface area contributed by atoms with Crippen LogP contribution >= 0.6 is 0 Å². The van der Waals surface area contributed by atoms with E-state index >= 15 is 0 Å². The summed E-state index contributed by atoms with van der Waals surface area (Å²) >= 11 is 0. The molecule has 1 unspecified atom stereocenters. The largest absolute Gasteiger partial charge is 0.339 e. The second-order valence-electron chi connectivity index (χ2n) is 6.64. The molecule has 0 spiro atoms. The van der Waals surface area contributed by atoms with E-state index in [2.05, 4.69) is 20.9 Å². The first-order valence-corrected chi connectivity index (χ1v) is 8.93. The first kappa shape index (κ1) is 17.8. The maximum atomic E-state index is 13.4. The molecule has 2 N–H and O–H groups in total. The first-order chi connectivity index (χ1) is 13.6. The van der Waals surface area contributed by atoms with Gasteiger partial charge in [-0.15, -0.1) is 5.10 Å². The molecule has 142 valence electrons. The number of carbonyl (C=O) groups is 2. The summed E-state index contributed by atoms with van der Waals surface area (Å²) in [5.41, 5.74) is 2.44. The lowest BCUT2D eigenvalue weighted by Crippen LogP contribution is -2.43. The molecule has 7 nitrogen and oxygen atoms in total. The van der Waals surface area contributed by atoms with Gasteiger partial charge in [-0.1, -0.05) is 41.6 Å². The van der Waals surface area contributed by atoms with Gasteiger partial charge >= 0.3 is 0 Å². The Balaban J connectivity index is 1.42. The average molecular weight is 379 g/mol. The summed E-state index contributed by atoms with van der Waals surface area (Å²) in [7, 11) is 0. The molecule has 28 heavy (non-hydrogen) atoms. The van der Waals surface area contributed by atoms with E-state index in [1.54, 1.807) is 16.9 Å². The van der Waals surface area contributed by atoms with Gasteiger partial charge in [-0.25, -0.2) is 9.07 Å². The molecule has 0 fully saturated rings. The molecular weight excluding hydrogens is 361 g/mol. The number of aryl methyl sites for hydroxylation is 1. The molecule has 1 aliphatic heterocycles. The fourth-order valence-corrected chi connectivity index (χ4v) is 3.15. The third kappa shape index (κ3) is 3.90. The number of fused-ring (bicyclic) bond motifs is 1. The van der Waals surface area contributed by atoms with Gasteiger partial charge in [-0.05, 0) is 36.1 Å². The summed E-state index contributed by atoms with van der Waals surface area (Å²) in [6, 6.07) is 13.2. The van der Waals surface area contributed by atoms with Crippen molar-refractivity contribution in [2.75, 3.05) is 5.32 Å². The normalized spacial score (nSPS) is 16.0. The molecule has 2 aromatic carbocycles. The van der Waals surface area contributed by atoms with Crippen molar-refractivity contribution in [1.29, 1.82) is 0 Å². The number of nitrogens with zero attached hydrogens (tertiary/aromatic N) is 3. The van der Waals surface area contributed by atoms with E-state index in [1.807, 2.05) is 30.3 Å². The van der Waals surface area contributed by atoms with Crippen molar-refractivity contribution < 1.29 is 14.0 Å². The highest BCUT2D eigenvalue weighted by Crippen LogP contribution is 2.23. The van der Waals surface area contributed by atoms with Crippen molar-refractivity contribution in [2.24, 2.45) is 0 Å². The minimum absolute atomic E-state index is 0.136. The summed E-state index contributed by atoms with van der Waals surface area (Å²) in [6.07, 6.45) is 2.50. The Morgan fingerprint density at radius 2 is 2.07 bits per heavy atom. The number of amides is 2. The summed E-state index contributed by atoms with van der Waals surface area (Å²) in [4.78, 5) is 24.9. The van der Waals surface area contributed by atoms with E-state index in [-0.39, 0.29) is 11.6 Å². The van der Waals surface area contributed by atoms with E-state index in [0.29, 0.717) is 25.1 Å². The van der Waals surface area contributed by atoms with Crippen LogP contribution in [0.4, 0.5) is 10.1 Å². The van der Waals surface area contributed by atoms with E-state index < -0.39 is 17.8 Å². The fourth-order valence-electron chi connectivity index (χ4n) is 3.15. The van der Waals surface area contributed by atoms with Crippen LogP contribution in [0.25, 0.3) is 0 Å². The van der Waals surface area contributed by atoms with Gasteiger partial charge in [-0.2, -0.15) is 0 Å². The third-order valence-electron chi connectivity index (χ3n) is 4.61. The molecule has 3 aromatic rings. The molecule has 2 heterocycles.